The monoisotopic (exact) mass is 555 g/mol. The number of fused-ring (bicyclic) bond motifs is 3. The van der Waals surface area contributed by atoms with Crippen LogP contribution in [-0.4, -0.2) is 57.9 Å². The van der Waals surface area contributed by atoms with Crippen LogP contribution >= 0.6 is 0 Å². The van der Waals surface area contributed by atoms with E-state index in [0.29, 0.717) is 13.2 Å². The molecule has 1 fully saturated rings. The molecule has 214 valence electrons. The average Bonchev–Trinajstić information content (AvgIpc) is 3.39. The van der Waals surface area contributed by atoms with Gasteiger partial charge >= 0.3 is 13.2 Å². The summed E-state index contributed by atoms with van der Waals surface area (Å²) in [6, 6.07) is 24.3. The van der Waals surface area contributed by atoms with Crippen LogP contribution in [0.1, 0.15) is 50.3 Å². The van der Waals surface area contributed by atoms with Crippen molar-refractivity contribution in [2.24, 2.45) is 0 Å². The highest BCUT2D eigenvalue weighted by Crippen LogP contribution is 2.44. The average molecular weight is 555 g/mol. The molecule has 1 heterocycles. The molecule has 8 heteroatoms. The largest absolute Gasteiger partial charge is 0.492 e. The topological polar surface area (TPSA) is 75.3 Å². The van der Waals surface area contributed by atoms with Crippen molar-refractivity contribution in [1.82, 2.24) is 5.32 Å². The van der Waals surface area contributed by atoms with Gasteiger partial charge in [-0.15, -0.1) is 0 Å². The zero-order valence-electron chi connectivity index (χ0n) is 24.4. The summed E-state index contributed by atoms with van der Waals surface area (Å²) in [5.74, 6) is 0.754. The van der Waals surface area contributed by atoms with Crippen molar-refractivity contribution in [1.29, 1.82) is 0 Å². The van der Waals surface area contributed by atoms with E-state index in [2.05, 4.69) is 29.6 Å². The minimum absolute atomic E-state index is 0.00381. The van der Waals surface area contributed by atoms with E-state index in [9.17, 15) is 4.79 Å². The molecule has 0 radical (unpaired) electrons. The Morgan fingerprint density at radius 1 is 0.878 bits per heavy atom. The third-order valence-electron chi connectivity index (χ3n) is 8.12. The second kappa shape index (κ2) is 12.1. The minimum Gasteiger partial charge on any atom is -0.491 e. The molecule has 0 spiro atoms. The van der Waals surface area contributed by atoms with Crippen molar-refractivity contribution in [2.45, 2.75) is 44.8 Å². The predicted octanol–water partition coefficient (Wildman–Crippen LogP) is 6.27. The van der Waals surface area contributed by atoms with Crippen molar-refractivity contribution in [3.05, 3.63) is 95.0 Å². The Bertz CT molecular complexity index is 1340. The van der Waals surface area contributed by atoms with Crippen LogP contribution in [0.3, 0.4) is 0 Å². The number of methoxy groups -OCH3 is 1. The fourth-order valence-electron chi connectivity index (χ4n) is 5.14. The van der Waals surface area contributed by atoms with Gasteiger partial charge in [-0.2, -0.15) is 0 Å². The zero-order valence-corrected chi connectivity index (χ0v) is 24.4. The second-order valence-corrected chi connectivity index (χ2v) is 11.4. The van der Waals surface area contributed by atoms with Gasteiger partial charge in [-0.3, -0.25) is 0 Å². The summed E-state index contributed by atoms with van der Waals surface area (Å²) >= 11 is 0. The summed E-state index contributed by atoms with van der Waals surface area (Å²) in [7, 11) is 1.02. The summed E-state index contributed by atoms with van der Waals surface area (Å²) in [5, 5.41) is 2.92. The van der Waals surface area contributed by atoms with Crippen molar-refractivity contribution in [3.63, 3.8) is 0 Å². The lowest BCUT2D eigenvalue weighted by Crippen LogP contribution is -2.41. The Morgan fingerprint density at radius 2 is 1.46 bits per heavy atom. The van der Waals surface area contributed by atoms with Crippen LogP contribution in [0, 0.1) is 0 Å². The molecule has 1 aliphatic heterocycles. The molecule has 0 unspecified atom stereocenters. The SMILES string of the molecule is COCCOc1ccc(C=C(CNC(=O)OCC2c3ccccc3-c3ccccc32)B2OC(C)(C)C(C)(C)O2)cc1. The van der Waals surface area contributed by atoms with E-state index < -0.39 is 24.4 Å². The minimum atomic E-state index is -0.619. The molecule has 0 saturated carbocycles. The molecule has 0 aromatic heterocycles. The molecule has 0 atom stereocenters. The Hall–Kier alpha value is -3.59. The van der Waals surface area contributed by atoms with Crippen molar-refractivity contribution in [2.75, 3.05) is 33.5 Å². The maximum absolute atomic E-state index is 13.0. The summed E-state index contributed by atoms with van der Waals surface area (Å²) < 4.78 is 29.1. The summed E-state index contributed by atoms with van der Waals surface area (Å²) in [6.07, 6.45) is 1.49. The van der Waals surface area contributed by atoms with Crippen LogP contribution < -0.4 is 10.1 Å². The first-order valence-corrected chi connectivity index (χ1v) is 14.1. The first kappa shape index (κ1) is 28.9. The maximum Gasteiger partial charge on any atom is 0.492 e. The molecule has 3 aromatic rings. The molecule has 1 N–H and O–H groups in total. The van der Waals surface area contributed by atoms with Gasteiger partial charge in [0.25, 0.3) is 0 Å². The van der Waals surface area contributed by atoms with E-state index in [1.54, 1.807) is 7.11 Å². The lowest BCUT2D eigenvalue weighted by Gasteiger charge is -2.32. The molecule has 2 aliphatic rings. The van der Waals surface area contributed by atoms with Gasteiger partial charge in [0.1, 0.15) is 19.0 Å². The summed E-state index contributed by atoms with van der Waals surface area (Å²) in [5.41, 5.74) is 5.42. The van der Waals surface area contributed by atoms with Gasteiger partial charge in [0.05, 0.1) is 17.8 Å². The summed E-state index contributed by atoms with van der Waals surface area (Å²) in [4.78, 5) is 13.0. The van der Waals surface area contributed by atoms with Gasteiger partial charge in [0.15, 0.2) is 0 Å². The van der Waals surface area contributed by atoms with E-state index in [1.807, 2.05) is 82.3 Å². The molecule has 1 aliphatic carbocycles. The fourth-order valence-corrected chi connectivity index (χ4v) is 5.14. The first-order valence-electron chi connectivity index (χ1n) is 14.1. The first-order chi connectivity index (χ1) is 19.7. The van der Waals surface area contributed by atoms with Crippen molar-refractivity contribution < 1.29 is 28.3 Å². The molecule has 1 saturated heterocycles. The highest BCUT2D eigenvalue weighted by molar-refractivity contribution is 6.56. The van der Waals surface area contributed by atoms with Gasteiger partial charge in [-0.25, -0.2) is 4.79 Å². The van der Waals surface area contributed by atoms with Gasteiger partial charge < -0.3 is 28.8 Å². The van der Waals surface area contributed by atoms with Gasteiger partial charge in [-0.1, -0.05) is 66.7 Å². The fraction of sp³-hybridized carbons (Fsp3) is 0.364. The van der Waals surface area contributed by atoms with Gasteiger partial charge in [0, 0.05) is 19.6 Å². The quantitative estimate of drug-likeness (QED) is 0.235. The number of carbonyl (C=O) groups is 1. The zero-order chi connectivity index (χ0) is 29.0. The highest BCUT2D eigenvalue weighted by atomic mass is 16.7. The summed E-state index contributed by atoms with van der Waals surface area (Å²) in [6.45, 7) is 9.50. The van der Waals surface area contributed by atoms with E-state index in [-0.39, 0.29) is 19.1 Å². The number of benzene rings is 3. The molecule has 3 aromatic carbocycles. The predicted molar refractivity (Wildman–Crippen MR) is 161 cm³/mol. The number of carbonyl (C=O) groups excluding carboxylic acids is 1. The van der Waals surface area contributed by atoms with Gasteiger partial charge in [-0.05, 0) is 73.1 Å². The molecule has 41 heavy (non-hydrogen) atoms. The smallest absolute Gasteiger partial charge is 0.491 e. The maximum atomic E-state index is 13.0. The van der Waals surface area contributed by atoms with E-state index >= 15 is 0 Å². The van der Waals surface area contributed by atoms with Crippen molar-refractivity contribution in [3.8, 4) is 16.9 Å². The number of rotatable bonds is 10. The van der Waals surface area contributed by atoms with Crippen LogP contribution in [0.2, 0.25) is 0 Å². The number of hydrogen-bond acceptors (Lipinski definition) is 6. The molecular weight excluding hydrogens is 517 g/mol. The van der Waals surface area contributed by atoms with Crippen LogP contribution in [0.15, 0.2) is 78.3 Å². The van der Waals surface area contributed by atoms with E-state index in [4.69, 9.17) is 23.5 Å². The number of amides is 1. The Balaban J connectivity index is 1.27. The second-order valence-electron chi connectivity index (χ2n) is 11.4. The van der Waals surface area contributed by atoms with Crippen LogP contribution in [-0.2, 0) is 18.8 Å². The lowest BCUT2D eigenvalue weighted by atomic mass is 9.77. The third-order valence-corrected chi connectivity index (χ3v) is 8.12. The van der Waals surface area contributed by atoms with Gasteiger partial charge in [0.2, 0.25) is 0 Å². The molecule has 5 rings (SSSR count). The molecular formula is C33H38BNO6. The highest BCUT2D eigenvalue weighted by Gasteiger charge is 2.52. The van der Waals surface area contributed by atoms with E-state index in [1.165, 1.54) is 22.3 Å². The van der Waals surface area contributed by atoms with Crippen molar-refractivity contribution >= 4 is 19.3 Å². The van der Waals surface area contributed by atoms with Crippen LogP contribution in [0.4, 0.5) is 4.79 Å². The van der Waals surface area contributed by atoms with E-state index in [0.717, 1.165) is 16.8 Å². The number of alkyl carbamates (subject to hydrolysis) is 1. The standard InChI is InChI=1S/C33H38BNO6/c1-32(2)33(3,4)41-34(40-32)24(20-23-14-16-25(17-15-23)38-19-18-37-5)21-35-31(36)39-22-30-28-12-8-6-10-26(28)27-11-7-9-13-29(27)30/h6-17,20,30H,18-19,21-22H2,1-5H3,(H,35,36). The lowest BCUT2D eigenvalue weighted by molar-refractivity contribution is 0.00578. The number of ether oxygens (including phenoxy) is 3. The van der Waals surface area contributed by atoms with Crippen LogP contribution in [0.25, 0.3) is 17.2 Å². The number of nitrogens with one attached hydrogen (secondary N) is 1. The Kier molecular flexibility index (Phi) is 8.54. The third kappa shape index (κ3) is 6.35. The molecule has 1 amide bonds. The Labute approximate surface area is 242 Å². The normalized spacial score (nSPS) is 17.2. The molecule has 0 bridgehead atoms. The number of hydrogen-bond donors (Lipinski definition) is 1. The Morgan fingerprint density at radius 3 is 2.05 bits per heavy atom. The van der Waals surface area contributed by atoms with Crippen LogP contribution in [0.5, 0.6) is 5.75 Å². The molecule has 7 nitrogen and oxygen atoms in total.